The van der Waals surface area contributed by atoms with Crippen molar-refractivity contribution in [3.05, 3.63) is 48.6 Å². The fraction of sp³-hybridized carbons (Fsp3) is 0.677. The zero-order valence-corrected chi connectivity index (χ0v) is 26.3. The summed E-state index contributed by atoms with van der Waals surface area (Å²) in [6.45, 7) is 1.71. The van der Waals surface area contributed by atoms with Gasteiger partial charge in [0.1, 0.15) is 12.2 Å². The molecule has 0 bridgehead atoms. The van der Waals surface area contributed by atoms with E-state index in [1.807, 2.05) is 6.92 Å². The average molecular weight is 617 g/mol. The van der Waals surface area contributed by atoms with Crippen LogP contribution in [0.15, 0.2) is 48.6 Å². The van der Waals surface area contributed by atoms with Gasteiger partial charge in [-0.05, 0) is 51.4 Å². The summed E-state index contributed by atoms with van der Waals surface area (Å²) >= 11 is 0. The molecule has 0 spiro atoms. The van der Waals surface area contributed by atoms with E-state index >= 15 is 0 Å². The summed E-state index contributed by atoms with van der Waals surface area (Å²) in [5, 5.41) is 18.7. The highest BCUT2D eigenvalue weighted by Gasteiger charge is 2.27. The smallest absolute Gasteiger partial charge is 0.457 e. The van der Waals surface area contributed by atoms with Gasteiger partial charge in [0.15, 0.2) is 0 Å². The van der Waals surface area contributed by atoms with Crippen molar-refractivity contribution < 1.29 is 47.8 Å². The van der Waals surface area contributed by atoms with Gasteiger partial charge in [-0.1, -0.05) is 81.7 Å². The van der Waals surface area contributed by atoms with Crippen molar-refractivity contribution in [1.29, 1.82) is 0 Å². The molecule has 42 heavy (non-hydrogen) atoms. The molecule has 0 aliphatic heterocycles. The van der Waals surface area contributed by atoms with Crippen molar-refractivity contribution in [3.8, 4) is 0 Å². The van der Waals surface area contributed by atoms with Crippen molar-refractivity contribution in [2.75, 3.05) is 26.4 Å². The predicted molar refractivity (Wildman–Crippen MR) is 164 cm³/mol. The summed E-state index contributed by atoms with van der Waals surface area (Å²) in [6, 6.07) is 0. The summed E-state index contributed by atoms with van der Waals surface area (Å²) in [6.07, 6.45) is 25.2. The standard InChI is InChI=1S/C31H53O10P/c1-3-5-7-8-9-10-11-12-13-14-15-16-17-18-19-20-21-23-31(35)41-29(25-33)27-39-42(36,37)38-26-28(24-32)40-30(34)22-6-4-2/h5,7,9-10,12-13,15-16,28-29,32-33H,3-4,6,8,11,14,17-27H2,1-2H3,(H,36,37)/b7-5-,10-9-,13-12-,16-15-. The molecular weight excluding hydrogens is 563 g/mol. The van der Waals surface area contributed by atoms with Crippen LogP contribution in [0.25, 0.3) is 0 Å². The van der Waals surface area contributed by atoms with Gasteiger partial charge >= 0.3 is 19.8 Å². The van der Waals surface area contributed by atoms with E-state index in [1.54, 1.807) is 0 Å². The first kappa shape index (κ1) is 39.9. The zero-order chi connectivity index (χ0) is 31.3. The maximum absolute atomic E-state index is 12.1. The molecule has 0 rings (SSSR count). The number of phosphoric acid groups is 1. The molecule has 0 fully saturated rings. The van der Waals surface area contributed by atoms with E-state index in [0.717, 1.165) is 57.8 Å². The molecule has 3 unspecified atom stereocenters. The zero-order valence-electron chi connectivity index (χ0n) is 25.4. The second-order valence-electron chi connectivity index (χ2n) is 9.71. The molecule has 3 N–H and O–H groups in total. The molecule has 0 aromatic rings. The molecule has 0 heterocycles. The number of unbranched alkanes of at least 4 members (excludes halogenated alkanes) is 5. The Morgan fingerprint density at radius 3 is 1.60 bits per heavy atom. The monoisotopic (exact) mass is 616 g/mol. The highest BCUT2D eigenvalue weighted by Crippen LogP contribution is 2.43. The quantitative estimate of drug-likeness (QED) is 0.0418. The Morgan fingerprint density at radius 1 is 0.667 bits per heavy atom. The van der Waals surface area contributed by atoms with Crippen LogP contribution in [0.1, 0.15) is 97.3 Å². The molecule has 10 nitrogen and oxygen atoms in total. The van der Waals surface area contributed by atoms with Gasteiger partial charge in [0.2, 0.25) is 0 Å². The molecule has 3 atom stereocenters. The Kier molecular flexibility index (Phi) is 26.4. The topological polar surface area (TPSA) is 149 Å². The maximum Gasteiger partial charge on any atom is 0.472 e. The van der Waals surface area contributed by atoms with Crippen LogP contribution < -0.4 is 0 Å². The molecule has 0 aromatic carbocycles. The second kappa shape index (κ2) is 27.7. The Labute approximate surface area is 252 Å². The molecule has 0 aromatic heterocycles. The molecule has 242 valence electrons. The van der Waals surface area contributed by atoms with Gasteiger partial charge < -0.3 is 24.6 Å². The van der Waals surface area contributed by atoms with Crippen LogP contribution in [0.3, 0.4) is 0 Å². The number of carbonyl (C=O) groups excluding carboxylic acids is 2. The van der Waals surface area contributed by atoms with Gasteiger partial charge in [-0.15, -0.1) is 0 Å². The predicted octanol–water partition coefficient (Wildman–Crippen LogP) is 6.26. The average Bonchev–Trinajstić information content (AvgIpc) is 2.97. The van der Waals surface area contributed by atoms with Crippen LogP contribution in [0.2, 0.25) is 0 Å². The summed E-state index contributed by atoms with van der Waals surface area (Å²) in [5.74, 6) is -1.09. The highest BCUT2D eigenvalue weighted by atomic mass is 31.2. The van der Waals surface area contributed by atoms with E-state index in [1.165, 1.54) is 0 Å². The molecule has 0 radical (unpaired) electrons. The molecule has 0 aliphatic carbocycles. The summed E-state index contributed by atoms with van der Waals surface area (Å²) in [4.78, 5) is 33.6. The van der Waals surface area contributed by atoms with Gasteiger partial charge in [0.25, 0.3) is 0 Å². The van der Waals surface area contributed by atoms with E-state index < -0.39 is 58.4 Å². The fourth-order valence-corrected chi connectivity index (χ4v) is 4.22. The van der Waals surface area contributed by atoms with E-state index in [2.05, 4.69) is 55.5 Å². The van der Waals surface area contributed by atoms with Crippen molar-refractivity contribution in [2.24, 2.45) is 0 Å². The number of esters is 2. The summed E-state index contributed by atoms with van der Waals surface area (Å²) in [5.41, 5.74) is 0. The number of rotatable bonds is 27. The number of hydrogen-bond acceptors (Lipinski definition) is 9. The SMILES string of the molecule is CC/C=C\C/C=C\C/C=C\C/C=C\CCCCCCC(=O)OC(CO)COP(=O)(O)OCC(CO)OC(=O)CCCC. The lowest BCUT2D eigenvalue weighted by Crippen LogP contribution is -2.28. The Bertz CT molecular complexity index is 853. The largest absolute Gasteiger partial charge is 0.472 e. The van der Waals surface area contributed by atoms with Gasteiger partial charge in [0.05, 0.1) is 26.4 Å². The van der Waals surface area contributed by atoms with Gasteiger partial charge in [-0.25, -0.2) is 4.57 Å². The van der Waals surface area contributed by atoms with Crippen molar-refractivity contribution in [1.82, 2.24) is 0 Å². The number of ether oxygens (including phenoxy) is 2. The molecular formula is C31H53O10P. The van der Waals surface area contributed by atoms with Crippen molar-refractivity contribution in [3.63, 3.8) is 0 Å². The highest BCUT2D eigenvalue weighted by molar-refractivity contribution is 7.47. The normalized spacial score (nSPS) is 15.1. The fourth-order valence-electron chi connectivity index (χ4n) is 3.43. The number of phosphoric ester groups is 1. The van der Waals surface area contributed by atoms with Crippen LogP contribution in [0, 0.1) is 0 Å². The van der Waals surface area contributed by atoms with Crippen LogP contribution >= 0.6 is 7.82 Å². The van der Waals surface area contributed by atoms with Crippen molar-refractivity contribution >= 4 is 19.8 Å². The second-order valence-corrected chi connectivity index (χ2v) is 11.2. The third-order valence-electron chi connectivity index (χ3n) is 5.81. The van der Waals surface area contributed by atoms with E-state index in [9.17, 15) is 29.3 Å². The lowest BCUT2D eigenvalue weighted by atomic mass is 10.1. The third kappa shape index (κ3) is 25.6. The molecule has 0 aliphatic rings. The molecule has 0 saturated heterocycles. The van der Waals surface area contributed by atoms with Gasteiger partial charge in [-0.3, -0.25) is 18.6 Å². The van der Waals surface area contributed by atoms with Gasteiger partial charge in [0, 0.05) is 12.8 Å². The minimum atomic E-state index is -4.61. The van der Waals surface area contributed by atoms with Gasteiger partial charge in [-0.2, -0.15) is 0 Å². The Morgan fingerprint density at radius 2 is 1.12 bits per heavy atom. The number of aliphatic hydroxyl groups excluding tert-OH is 2. The van der Waals surface area contributed by atoms with Crippen LogP contribution in [-0.4, -0.2) is 65.7 Å². The molecule has 0 amide bonds. The first-order valence-electron chi connectivity index (χ1n) is 15.1. The number of aliphatic hydroxyl groups is 2. The first-order valence-corrected chi connectivity index (χ1v) is 16.6. The number of hydrogen-bond donors (Lipinski definition) is 3. The van der Waals surface area contributed by atoms with Crippen molar-refractivity contribution in [2.45, 2.75) is 110 Å². The number of allylic oxidation sites excluding steroid dienone is 8. The van der Waals surface area contributed by atoms with E-state index in [0.29, 0.717) is 12.8 Å². The lowest BCUT2D eigenvalue weighted by Gasteiger charge is -2.20. The van der Waals surface area contributed by atoms with Crippen LogP contribution in [0.5, 0.6) is 0 Å². The minimum Gasteiger partial charge on any atom is -0.457 e. The van der Waals surface area contributed by atoms with E-state index in [-0.39, 0.29) is 12.8 Å². The minimum absolute atomic E-state index is 0.162. The maximum atomic E-state index is 12.1. The van der Waals surface area contributed by atoms with Crippen LogP contribution in [-0.2, 0) is 32.7 Å². The number of carbonyl (C=O) groups is 2. The third-order valence-corrected chi connectivity index (χ3v) is 6.76. The first-order chi connectivity index (χ1) is 20.3. The Hall–Kier alpha value is -2.07. The molecule has 11 heteroatoms. The summed E-state index contributed by atoms with van der Waals surface area (Å²) in [7, 11) is -4.61. The Balaban J connectivity index is 4.01. The lowest BCUT2D eigenvalue weighted by molar-refractivity contribution is -0.153. The van der Waals surface area contributed by atoms with Crippen LogP contribution in [0.4, 0.5) is 0 Å². The summed E-state index contributed by atoms with van der Waals surface area (Å²) < 4.78 is 31.8. The molecule has 0 saturated carbocycles. The van der Waals surface area contributed by atoms with E-state index in [4.69, 9.17) is 18.5 Å².